The Morgan fingerprint density at radius 3 is 2.94 bits per heavy atom. The van der Waals surface area contributed by atoms with E-state index in [-0.39, 0.29) is 17.8 Å². The molecule has 3 nitrogen and oxygen atoms in total. The number of nitrogens with one attached hydrogen (secondary N) is 2. The van der Waals surface area contributed by atoms with Gasteiger partial charge in [-0.2, -0.15) is 0 Å². The third-order valence-electron chi connectivity index (χ3n) is 3.09. The third-order valence-corrected chi connectivity index (χ3v) is 3.09. The van der Waals surface area contributed by atoms with Crippen LogP contribution in [0.2, 0.25) is 0 Å². The monoisotopic (exact) mass is 250 g/mol. The number of carbonyl (C=O) groups excluding carboxylic acids is 1. The van der Waals surface area contributed by atoms with Crippen LogP contribution in [0.3, 0.4) is 0 Å². The van der Waals surface area contributed by atoms with E-state index in [1.165, 1.54) is 12.1 Å². The maximum atomic E-state index is 13.0. The lowest BCUT2D eigenvalue weighted by atomic mass is 10.1. The van der Waals surface area contributed by atoms with E-state index in [9.17, 15) is 9.18 Å². The second kappa shape index (κ2) is 5.96. The van der Waals surface area contributed by atoms with E-state index >= 15 is 0 Å². The first-order valence-electron chi connectivity index (χ1n) is 6.43. The number of carbonyl (C=O) groups is 1. The van der Waals surface area contributed by atoms with Gasteiger partial charge < -0.3 is 10.6 Å². The molecule has 0 heterocycles. The molecule has 0 aromatic heterocycles. The van der Waals surface area contributed by atoms with Gasteiger partial charge >= 0.3 is 0 Å². The summed E-state index contributed by atoms with van der Waals surface area (Å²) in [5.41, 5.74) is 0.901. The Labute approximate surface area is 107 Å². The lowest BCUT2D eigenvalue weighted by Gasteiger charge is -2.14. The average Bonchev–Trinajstić information content (AvgIpc) is 3.12. The maximum Gasteiger partial charge on any atom is 0.221 e. The van der Waals surface area contributed by atoms with Crippen LogP contribution in [-0.4, -0.2) is 18.5 Å². The molecule has 1 saturated carbocycles. The van der Waals surface area contributed by atoms with Crippen LogP contribution in [0.25, 0.3) is 0 Å². The summed E-state index contributed by atoms with van der Waals surface area (Å²) in [5.74, 6) is -0.135. The first kappa shape index (κ1) is 13.0. The van der Waals surface area contributed by atoms with Crippen molar-refractivity contribution >= 4 is 5.91 Å². The molecule has 1 aliphatic carbocycles. The maximum absolute atomic E-state index is 13.0. The molecule has 1 fully saturated rings. The van der Waals surface area contributed by atoms with Gasteiger partial charge in [0.05, 0.1) is 0 Å². The number of rotatable bonds is 6. The molecule has 98 valence electrons. The summed E-state index contributed by atoms with van der Waals surface area (Å²) in [5, 5.41) is 6.16. The highest BCUT2D eigenvalue weighted by Crippen LogP contribution is 2.18. The summed E-state index contributed by atoms with van der Waals surface area (Å²) in [6.45, 7) is 2.57. The summed E-state index contributed by atoms with van der Waals surface area (Å²) >= 11 is 0. The summed E-state index contributed by atoms with van der Waals surface area (Å²) in [7, 11) is 0. The Hall–Kier alpha value is -1.42. The number of halogens is 1. The summed E-state index contributed by atoms with van der Waals surface area (Å²) in [6.07, 6.45) is 2.69. The molecule has 2 rings (SSSR count). The van der Waals surface area contributed by atoms with Crippen molar-refractivity contribution in [2.75, 3.05) is 6.54 Å². The zero-order chi connectivity index (χ0) is 13.0. The zero-order valence-electron chi connectivity index (χ0n) is 10.6. The van der Waals surface area contributed by atoms with Crippen molar-refractivity contribution in [1.29, 1.82) is 0 Å². The standard InChI is InChI=1S/C14H19FN2O/c1-10(11-3-2-4-12(15)9-11)16-8-7-14(18)17-13-5-6-13/h2-4,9-10,13,16H,5-8H2,1H3,(H,17,18)/t10-/m1/s1. The number of hydrogen-bond donors (Lipinski definition) is 2. The molecule has 1 aromatic carbocycles. The van der Waals surface area contributed by atoms with Crippen molar-refractivity contribution < 1.29 is 9.18 Å². The SMILES string of the molecule is C[C@@H](NCCC(=O)NC1CC1)c1cccc(F)c1. The molecule has 0 spiro atoms. The van der Waals surface area contributed by atoms with Crippen LogP contribution < -0.4 is 10.6 Å². The third kappa shape index (κ3) is 4.11. The molecule has 4 heteroatoms. The van der Waals surface area contributed by atoms with Crippen LogP contribution in [0.1, 0.15) is 37.8 Å². The van der Waals surface area contributed by atoms with Crippen LogP contribution in [0.15, 0.2) is 24.3 Å². The van der Waals surface area contributed by atoms with E-state index in [1.807, 2.05) is 13.0 Å². The highest BCUT2D eigenvalue weighted by molar-refractivity contribution is 5.76. The predicted octanol–water partition coefficient (Wildman–Crippen LogP) is 2.14. The van der Waals surface area contributed by atoms with Gasteiger partial charge in [0.15, 0.2) is 0 Å². The average molecular weight is 250 g/mol. The Bertz CT molecular complexity index is 418. The molecule has 1 amide bonds. The number of hydrogen-bond acceptors (Lipinski definition) is 2. The van der Waals surface area contributed by atoms with Crippen molar-refractivity contribution in [2.24, 2.45) is 0 Å². The number of benzene rings is 1. The molecule has 1 aliphatic rings. The van der Waals surface area contributed by atoms with Crippen molar-refractivity contribution in [3.63, 3.8) is 0 Å². The Morgan fingerprint density at radius 1 is 1.50 bits per heavy atom. The molecule has 1 atom stereocenters. The molecule has 0 bridgehead atoms. The van der Waals surface area contributed by atoms with Crippen molar-refractivity contribution in [1.82, 2.24) is 10.6 Å². The fourth-order valence-corrected chi connectivity index (χ4v) is 1.82. The summed E-state index contributed by atoms with van der Waals surface area (Å²) in [4.78, 5) is 11.5. The van der Waals surface area contributed by atoms with Gasteiger partial charge in [-0.1, -0.05) is 12.1 Å². The van der Waals surface area contributed by atoms with Crippen LogP contribution in [-0.2, 0) is 4.79 Å². The van der Waals surface area contributed by atoms with Gasteiger partial charge in [-0.3, -0.25) is 4.79 Å². The molecule has 18 heavy (non-hydrogen) atoms. The predicted molar refractivity (Wildman–Crippen MR) is 68.6 cm³/mol. The smallest absolute Gasteiger partial charge is 0.221 e. The van der Waals surface area contributed by atoms with Crippen molar-refractivity contribution in [3.8, 4) is 0 Å². The van der Waals surface area contributed by atoms with Gasteiger partial charge in [-0.15, -0.1) is 0 Å². The first-order valence-corrected chi connectivity index (χ1v) is 6.43. The van der Waals surface area contributed by atoms with Gasteiger partial charge in [-0.25, -0.2) is 4.39 Å². The molecule has 0 unspecified atom stereocenters. The Balaban J connectivity index is 1.70. The quantitative estimate of drug-likeness (QED) is 0.812. The van der Waals surface area contributed by atoms with Crippen molar-refractivity contribution in [2.45, 2.75) is 38.3 Å². The fraction of sp³-hybridized carbons (Fsp3) is 0.500. The van der Waals surface area contributed by atoms with E-state index in [4.69, 9.17) is 0 Å². The summed E-state index contributed by atoms with van der Waals surface area (Å²) < 4.78 is 13.0. The molecule has 0 radical (unpaired) electrons. The molecule has 0 aliphatic heterocycles. The van der Waals surface area contributed by atoms with Gasteiger partial charge in [0, 0.05) is 25.0 Å². The topological polar surface area (TPSA) is 41.1 Å². The van der Waals surface area contributed by atoms with Crippen LogP contribution in [0, 0.1) is 5.82 Å². The van der Waals surface area contributed by atoms with Crippen LogP contribution >= 0.6 is 0 Å². The molecule has 1 aromatic rings. The van der Waals surface area contributed by atoms with Gasteiger partial charge in [-0.05, 0) is 37.5 Å². The minimum absolute atomic E-state index is 0.0504. The van der Waals surface area contributed by atoms with Crippen molar-refractivity contribution in [3.05, 3.63) is 35.6 Å². The van der Waals surface area contributed by atoms with Crippen LogP contribution in [0.5, 0.6) is 0 Å². The first-order chi connectivity index (χ1) is 8.65. The molecule has 0 saturated heterocycles. The van der Waals surface area contributed by atoms with E-state index in [0.29, 0.717) is 19.0 Å². The minimum atomic E-state index is -0.229. The Kier molecular flexibility index (Phi) is 4.31. The molecular formula is C14H19FN2O. The second-order valence-electron chi connectivity index (χ2n) is 4.82. The molecule has 2 N–H and O–H groups in total. The summed E-state index contributed by atoms with van der Waals surface area (Å²) in [6, 6.07) is 6.99. The minimum Gasteiger partial charge on any atom is -0.353 e. The largest absolute Gasteiger partial charge is 0.353 e. The second-order valence-corrected chi connectivity index (χ2v) is 4.82. The van der Waals surface area contributed by atoms with Gasteiger partial charge in [0.2, 0.25) is 5.91 Å². The van der Waals surface area contributed by atoms with E-state index in [1.54, 1.807) is 6.07 Å². The number of amides is 1. The molecular weight excluding hydrogens is 231 g/mol. The van der Waals surface area contributed by atoms with Crippen LogP contribution in [0.4, 0.5) is 4.39 Å². The normalized spacial score (nSPS) is 16.3. The van der Waals surface area contributed by atoms with E-state index < -0.39 is 0 Å². The Morgan fingerprint density at radius 2 is 2.28 bits per heavy atom. The van der Waals surface area contributed by atoms with Gasteiger partial charge in [0.25, 0.3) is 0 Å². The highest BCUT2D eigenvalue weighted by Gasteiger charge is 2.22. The zero-order valence-corrected chi connectivity index (χ0v) is 10.6. The van der Waals surface area contributed by atoms with E-state index in [2.05, 4.69) is 10.6 Å². The fourth-order valence-electron chi connectivity index (χ4n) is 1.82. The lowest BCUT2D eigenvalue weighted by molar-refractivity contribution is -0.121. The van der Waals surface area contributed by atoms with E-state index in [0.717, 1.165) is 18.4 Å². The lowest BCUT2D eigenvalue weighted by Crippen LogP contribution is -2.30. The highest BCUT2D eigenvalue weighted by atomic mass is 19.1. The van der Waals surface area contributed by atoms with Gasteiger partial charge in [0.1, 0.15) is 5.82 Å².